The summed E-state index contributed by atoms with van der Waals surface area (Å²) < 4.78 is 0. The van der Waals surface area contributed by atoms with Crippen molar-refractivity contribution in [1.82, 2.24) is 0 Å². The van der Waals surface area contributed by atoms with Gasteiger partial charge in [0.25, 0.3) is 5.54 Å². The second-order valence-corrected chi connectivity index (χ2v) is 3.67. The number of hydrogen-bond donors (Lipinski definition) is 1. The molecule has 15 heavy (non-hydrogen) atoms. The zero-order valence-corrected chi connectivity index (χ0v) is 8.52. The van der Waals surface area contributed by atoms with Crippen LogP contribution in [0.4, 0.5) is 11.4 Å². The maximum atomic E-state index is 10.8. The van der Waals surface area contributed by atoms with Crippen LogP contribution in [0.3, 0.4) is 0 Å². The van der Waals surface area contributed by atoms with Gasteiger partial charge in [0.15, 0.2) is 0 Å². The third-order valence-electron chi connectivity index (χ3n) is 2.19. The minimum atomic E-state index is -0.933. The number of nitrogens with zero attached hydrogens (tertiary/aromatic N) is 2. The molecule has 5 nitrogen and oxygen atoms in total. The molecule has 0 amide bonds. The second-order valence-electron chi connectivity index (χ2n) is 3.67. The maximum Gasteiger partial charge on any atom is 0.303 e. The molecule has 1 rings (SSSR count). The first-order valence-corrected chi connectivity index (χ1v) is 4.32. The number of nitrogens with two attached hydrogens (primary N) is 1. The fourth-order valence-electron chi connectivity index (χ4n) is 1.32. The predicted molar refractivity (Wildman–Crippen MR) is 57.1 cm³/mol. The average Bonchev–Trinajstić information content (AvgIpc) is 2.16. The number of rotatable bonds is 2. The van der Waals surface area contributed by atoms with E-state index in [1.54, 1.807) is 26.0 Å². The van der Waals surface area contributed by atoms with Gasteiger partial charge in [-0.15, -0.1) is 0 Å². The van der Waals surface area contributed by atoms with Crippen molar-refractivity contribution < 1.29 is 4.92 Å². The van der Waals surface area contributed by atoms with Gasteiger partial charge >= 0.3 is 5.69 Å². The average molecular weight is 205 g/mol. The van der Waals surface area contributed by atoms with E-state index in [4.69, 9.17) is 12.3 Å². The van der Waals surface area contributed by atoms with Crippen LogP contribution in [-0.4, -0.2) is 4.92 Å². The molecule has 2 N–H and O–H groups in total. The molecule has 0 aliphatic heterocycles. The van der Waals surface area contributed by atoms with Crippen LogP contribution in [0.5, 0.6) is 0 Å². The summed E-state index contributed by atoms with van der Waals surface area (Å²) >= 11 is 0. The maximum absolute atomic E-state index is 10.8. The Kier molecular flexibility index (Phi) is 2.62. The Hall–Kier alpha value is -2.09. The van der Waals surface area contributed by atoms with E-state index in [2.05, 4.69) is 4.85 Å². The highest BCUT2D eigenvalue weighted by molar-refractivity contribution is 5.64. The van der Waals surface area contributed by atoms with Crippen LogP contribution >= 0.6 is 0 Å². The lowest BCUT2D eigenvalue weighted by Crippen LogP contribution is -2.14. The monoisotopic (exact) mass is 205 g/mol. The Morgan fingerprint density at radius 1 is 1.53 bits per heavy atom. The lowest BCUT2D eigenvalue weighted by Gasteiger charge is -2.12. The summed E-state index contributed by atoms with van der Waals surface area (Å²) in [5.41, 5.74) is 4.87. The number of para-hydroxylation sites is 1. The fourth-order valence-corrected chi connectivity index (χ4v) is 1.32. The van der Waals surface area contributed by atoms with E-state index in [0.29, 0.717) is 5.56 Å². The number of nitrogen functional groups attached to an aromatic ring is 1. The molecule has 1 aromatic rings. The van der Waals surface area contributed by atoms with Crippen LogP contribution in [-0.2, 0) is 5.54 Å². The summed E-state index contributed by atoms with van der Waals surface area (Å²) in [4.78, 5) is 13.6. The molecule has 0 bridgehead atoms. The van der Waals surface area contributed by atoms with Gasteiger partial charge in [0, 0.05) is 13.8 Å². The van der Waals surface area contributed by atoms with Crippen molar-refractivity contribution in [1.29, 1.82) is 0 Å². The standard InChI is InChI=1S/C10H11N3O2/c1-10(2,12-3)7-5-4-6-8(11)9(7)13(14)15/h4-6H,11H2,1-2H3. The van der Waals surface area contributed by atoms with E-state index in [9.17, 15) is 10.1 Å². The first-order valence-electron chi connectivity index (χ1n) is 4.32. The molecule has 0 spiro atoms. The molecule has 0 aliphatic carbocycles. The van der Waals surface area contributed by atoms with Crippen molar-refractivity contribution in [2.45, 2.75) is 19.4 Å². The number of benzene rings is 1. The number of anilines is 1. The third-order valence-corrected chi connectivity index (χ3v) is 2.19. The van der Waals surface area contributed by atoms with Crippen LogP contribution < -0.4 is 5.73 Å². The number of nitro benzene ring substituents is 1. The summed E-state index contributed by atoms with van der Waals surface area (Å²) in [6.07, 6.45) is 0. The highest BCUT2D eigenvalue weighted by atomic mass is 16.6. The van der Waals surface area contributed by atoms with Crippen LogP contribution in [0.2, 0.25) is 0 Å². The van der Waals surface area contributed by atoms with Crippen LogP contribution in [0, 0.1) is 16.7 Å². The van der Waals surface area contributed by atoms with Gasteiger partial charge in [-0.3, -0.25) is 10.1 Å². The molecule has 0 heterocycles. The molecular formula is C10H11N3O2. The van der Waals surface area contributed by atoms with Crippen molar-refractivity contribution in [3.05, 3.63) is 45.3 Å². The van der Waals surface area contributed by atoms with Crippen LogP contribution in [0.15, 0.2) is 18.2 Å². The lowest BCUT2D eigenvalue weighted by molar-refractivity contribution is -0.384. The quantitative estimate of drug-likeness (QED) is 0.348. The molecule has 0 saturated carbocycles. The van der Waals surface area contributed by atoms with Gasteiger partial charge in [0.05, 0.1) is 4.92 Å². The zero-order valence-electron chi connectivity index (χ0n) is 8.52. The van der Waals surface area contributed by atoms with Gasteiger partial charge in [-0.2, -0.15) is 0 Å². The van der Waals surface area contributed by atoms with Crippen LogP contribution in [0.1, 0.15) is 19.4 Å². The van der Waals surface area contributed by atoms with E-state index in [1.165, 1.54) is 6.07 Å². The topological polar surface area (TPSA) is 73.5 Å². The van der Waals surface area contributed by atoms with Gasteiger partial charge in [0.2, 0.25) is 0 Å². The number of nitro groups is 1. The molecule has 0 unspecified atom stereocenters. The highest BCUT2D eigenvalue weighted by Gasteiger charge is 2.35. The van der Waals surface area contributed by atoms with Crippen molar-refractivity contribution in [2.75, 3.05) is 5.73 Å². The summed E-state index contributed by atoms with van der Waals surface area (Å²) in [6.45, 7) is 10.3. The fraction of sp³-hybridized carbons (Fsp3) is 0.300. The van der Waals surface area contributed by atoms with Gasteiger partial charge < -0.3 is 10.6 Å². The minimum absolute atomic E-state index is 0.0919. The summed E-state index contributed by atoms with van der Waals surface area (Å²) in [5.74, 6) is 0. The van der Waals surface area contributed by atoms with E-state index >= 15 is 0 Å². The SMILES string of the molecule is [C-]#[N+]C(C)(C)c1cccc(N)c1[N+](=O)[O-]. The largest absolute Gasteiger partial charge is 0.393 e. The molecule has 1 aromatic carbocycles. The van der Waals surface area contributed by atoms with Gasteiger partial charge in [0.1, 0.15) is 11.3 Å². The van der Waals surface area contributed by atoms with Gasteiger partial charge in [-0.25, -0.2) is 6.57 Å². The molecule has 0 atom stereocenters. The van der Waals surface area contributed by atoms with Gasteiger partial charge in [-0.1, -0.05) is 6.07 Å². The minimum Gasteiger partial charge on any atom is -0.393 e. The van der Waals surface area contributed by atoms with E-state index in [0.717, 1.165) is 0 Å². The molecule has 0 radical (unpaired) electrons. The van der Waals surface area contributed by atoms with Crippen molar-refractivity contribution in [3.8, 4) is 0 Å². The Morgan fingerprint density at radius 2 is 2.13 bits per heavy atom. The Morgan fingerprint density at radius 3 is 2.60 bits per heavy atom. The second kappa shape index (κ2) is 3.58. The molecular weight excluding hydrogens is 194 g/mol. The molecule has 0 aliphatic rings. The van der Waals surface area contributed by atoms with Crippen molar-refractivity contribution in [2.24, 2.45) is 0 Å². The molecule has 5 heteroatoms. The first-order chi connectivity index (χ1) is 6.90. The third kappa shape index (κ3) is 1.89. The Bertz CT molecular complexity index is 446. The van der Waals surface area contributed by atoms with Crippen LogP contribution in [0.25, 0.3) is 4.85 Å². The highest BCUT2D eigenvalue weighted by Crippen LogP contribution is 2.36. The first kappa shape index (κ1) is 11.0. The zero-order chi connectivity index (χ0) is 11.6. The smallest absolute Gasteiger partial charge is 0.303 e. The van der Waals surface area contributed by atoms with Crippen molar-refractivity contribution in [3.63, 3.8) is 0 Å². The normalized spacial score (nSPS) is 10.7. The van der Waals surface area contributed by atoms with Crippen molar-refractivity contribution >= 4 is 11.4 Å². The summed E-state index contributed by atoms with van der Waals surface area (Å²) in [5, 5.41) is 10.8. The molecule has 0 saturated heterocycles. The Labute approximate surface area is 87.5 Å². The summed E-state index contributed by atoms with van der Waals surface area (Å²) in [6, 6.07) is 4.64. The van der Waals surface area contributed by atoms with Gasteiger partial charge in [-0.05, 0) is 12.1 Å². The molecule has 0 aromatic heterocycles. The summed E-state index contributed by atoms with van der Waals surface area (Å²) in [7, 11) is 0. The van der Waals surface area contributed by atoms with E-state index in [1.807, 2.05) is 0 Å². The lowest BCUT2D eigenvalue weighted by atomic mass is 9.93. The molecule has 78 valence electrons. The predicted octanol–water partition coefficient (Wildman–Crippen LogP) is 2.33. The number of hydrogen-bond acceptors (Lipinski definition) is 3. The van der Waals surface area contributed by atoms with E-state index in [-0.39, 0.29) is 11.4 Å². The molecule has 0 fully saturated rings. The van der Waals surface area contributed by atoms with E-state index < -0.39 is 10.5 Å². The Balaban J connectivity index is 3.51.